The van der Waals surface area contributed by atoms with Crippen molar-refractivity contribution < 1.29 is 19.0 Å². The summed E-state index contributed by atoms with van der Waals surface area (Å²) in [6.07, 6.45) is 0.740. The quantitative estimate of drug-likeness (QED) is 0.626. The molecular weight excluding hydrogens is 308 g/mol. The molecule has 0 aromatic heterocycles. The van der Waals surface area contributed by atoms with Crippen LogP contribution < -0.4 is 20.1 Å². The molecule has 22 heavy (non-hydrogen) atoms. The van der Waals surface area contributed by atoms with E-state index in [1.807, 2.05) is 18.2 Å². The summed E-state index contributed by atoms with van der Waals surface area (Å²) in [5, 5.41) is 5.85. The van der Waals surface area contributed by atoms with E-state index in [0.29, 0.717) is 37.7 Å². The summed E-state index contributed by atoms with van der Waals surface area (Å²) in [5.41, 5.74) is 1.08. The van der Waals surface area contributed by atoms with Gasteiger partial charge >= 0.3 is 0 Å². The van der Waals surface area contributed by atoms with Crippen molar-refractivity contribution in [1.29, 1.82) is 0 Å². The highest BCUT2D eigenvalue weighted by molar-refractivity contribution is 5.85. The average molecular weight is 333 g/mol. The third-order valence-corrected chi connectivity index (χ3v) is 2.95. The normalized spacial score (nSPS) is 9.77. The zero-order valence-corrected chi connectivity index (χ0v) is 14.1. The molecule has 0 atom stereocenters. The van der Waals surface area contributed by atoms with Crippen molar-refractivity contribution in [3.63, 3.8) is 0 Å². The van der Waals surface area contributed by atoms with E-state index in [-0.39, 0.29) is 18.3 Å². The van der Waals surface area contributed by atoms with Crippen LogP contribution in [0.1, 0.15) is 5.56 Å². The number of hydrogen-bond acceptors (Lipinski definition) is 5. The second-order valence-electron chi connectivity index (χ2n) is 4.46. The fraction of sp³-hybridized carbons (Fsp3) is 0.533. The summed E-state index contributed by atoms with van der Waals surface area (Å²) in [7, 11) is 4.84. The molecule has 0 radical (unpaired) electrons. The predicted octanol–water partition coefficient (Wildman–Crippen LogP) is 1.02. The first-order chi connectivity index (χ1) is 10.2. The Hall–Kier alpha value is -1.50. The Morgan fingerprint density at radius 3 is 2.45 bits per heavy atom. The summed E-state index contributed by atoms with van der Waals surface area (Å²) in [5.74, 6) is 1.38. The topological polar surface area (TPSA) is 68.8 Å². The van der Waals surface area contributed by atoms with Crippen LogP contribution in [0.15, 0.2) is 18.2 Å². The van der Waals surface area contributed by atoms with E-state index in [1.54, 1.807) is 21.3 Å². The monoisotopic (exact) mass is 332 g/mol. The van der Waals surface area contributed by atoms with Gasteiger partial charge in [0.15, 0.2) is 11.5 Å². The van der Waals surface area contributed by atoms with Crippen molar-refractivity contribution in [3.05, 3.63) is 23.8 Å². The van der Waals surface area contributed by atoms with Crippen LogP contribution in [-0.4, -0.2) is 53.5 Å². The maximum atomic E-state index is 11.6. The van der Waals surface area contributed by atoms with Gasteiger partial charge < -0.3 is 24.8 Å². The van der Waals surface area contributed by atoms with Gasteiger partial charge in [-0.25, -0.2) is 0 Å². The van der Waals surface area contributed by atoms with Crippen molar-refractivity contribution in [2.45, 2.75) is 6.42 Å². The molecule has 126 valence electrons. The third-order valence-electron chi connectivity index (χ3n) is 2.95. The lowest BCUT2D eigenvalue weighted by atomic mass is 10.1. The number of benzene rings is 1. The first kappa shape index (κ1) is 20.5. The van der Waals surface area contributed by atoms with Crippen LogP contribution in [0.25, 0.3) is 0 Å². The van der Waals surface area contributed by atoms with Crippen LogP contribution in [0, 0.1) is 0 Å². The Labute approximate surface area is 137 Å². The highest BCUT2D eigenvalue weighted by atomic mass is 35.5. The number of rotatable bonds is 10. The molecule has 1 amide bonds. The van der Waals surface area contributed by atoms with Crippen molar-refractivity contribution in [2.24, 2.45) is 0 Å². The average Bonchev–Trinajstić information content (AvgIpc) is 2.51. The van der Waals surface area contributed by atoms with Gasteiger partial charge in [-0.3, -0.25) is 4.79 Å². The van der Waals surface area contributed by atoms with Gasteiger partial charge in [0.2, 0.25) is 5.91 Å². The first-order valence-electron chi connectivity index (χ1n) is 6.88. The molecule has 1 rings (SSSR count). The van der Waals surface area contributed by atoms with E-state index in [9.17, 15) is 4.79 Å². The van der Waals surface area contributed by atoms with Crippen LogP contribution in [0.5, 0.6) is 11.5 Å². The third kappa shape index (κ3) is 7.49. The largest absolute Gasteiger partial charge is 0.493 e. The lowest BCUT2D eigenvalue weighted by Gasteiger charge is -2.10. The Balaban J connectivity index is 0.00000441. The van der Waals surface area contributed by atoms with Gasteiger partial charge in [0, 0.05) is 20.2 Å². The highest BCUT2D eigenvalue weighted by Crippen LogP contribution is 2.27. The summed E-state index contributed by atoms with van der Waals surface area (Å²) in [6, 6.07) is 5.74. The van der Waals surface area contributed by atoms with Gasteiger partial charge in [-0.15, -0.1) is 12.4 Å². The molecule has 0 aliphatic heterocycles. The summed E-state index contributed by atoms with van der Waals surface area (Å²) in [4.78, 5) is 11.6. The molecule has 1 aromatic carbocycles. The number of amides is 1. The zero-order valence-electron chi connectivity index (χ0n) is 13.3. The molecule has 0 fully saturated rings. The molecule has 0 bridgehead atoms. The molecule has 0 unspecified atom stereocenters. The van der Waals surface area contributed by atoms with E-state index in [0.717, 1.165) is 12.0 Å². The highest BCUT2D eigenvalue weighted by Gasteiger charge is 2.05. The van der Waals surface area contributed by atoms with Gasteiger partial charge in [0.1, 0.15) is 0 Å². The van der Waals surface area contributed by atoms with Gasteiger partial charge in [-0.2, -0.15) is 0 Å². The molecule has 0 spiro atoms. The first-order valence-corrected chi connectivity index (χ1v) is 6.88. The van der Waals surface area contributed by atoms with E-state index in [4.69, 9.17) is 14.2 Å². The molecular formula is C15H25ClN2O4. The van der Waals surface area contributed by atoms with Crippen LogP contribution in [0.2, 0.25) is 0 Å². The lowest BCUT2D eigenvalue weighted by molar-refractivity contribution is -0.120. The molecule has 2 N–H and O–H groups in total. The number of carbonyl (C=O) groups excluding carboxylic acids is 1. The molecule has 0 saturated carbocycles. The minimum absolute atomic E-state index is 0. The standard InChI is InChI=1S/C15H24N2O4.ClH/c1-19-9-8-16-11-15(18)17-7-6-12-4-5-13(20-2)14(10-12)21-3;/h4-5,10,16H,6-9,11H2,1-3H3,(H,17,18);1H. The number of carbonyl (C=O) groups is 1. The van der Waals surface area contributed by atoms with Crippen LogP contribution >= 0.6 is 12.4 Å². The number of methoxy groups -OCH3 is 3. The number of nitrogens with one attached hydrogen (secondary N) is 2. The van der Waals surface area contributed by atoms with Crippen LogP contribution in [0.3, 0.4) is 0 Å². The van der Waals surface area contributed by atoms with Gasteiger partial charge in [-0.05, 0) is 24.1 Å². The van der Waals surface area contributed by atoms with Crippen molar-refractivity contribution in [2.75, 3.05) is 47.6 Å². The molecule has 0 aliphatic carbocycles. The van der Waals surface area contributed by atoms with E-state index < -0.39 is 0 Å². The van der Waals surface area contributed by atoms with E-state index >= 15 is 0 Å². The number of halogens is 1. The smallest absolute Gasteiger partial charge is 0.233 e. The molecule has 7 heteroatoms. The molecule has 0 saturated heterocycles. The molecule has 0 aliphatic rings. The van der Waals surface area contributed by atoms with E-state index in [2.05, 4.69) is 10.6 Å². The Bertz CT molecular complexity index is 444. The minimum Gasteiger partial charge on any atom is -0.493 e. The second-order valence-corrected chi connectivity index (χ2v) is 4.46. The maximum Gasteiger partial charge on any atom is 0.233 e. The SMILES string of the molecule is COCCNCC(=O)NCCc1ccc(OC)c(OC)c1.Cl. The molecule has 0 heterocycles. The van der Waals surface area contributed by atoms with Crippen LogP contribution in [0.4, 0.5) is 0 Å². The summed E-state index contributed by atoms with van der Waals surface area (Å²) < 4.78 is 15.3. The van der Waals surface area contributed by atoms with Crippen LogP contribution in [-0.2, 0) is 16.0 Å². The van der Waals surface area contributed by atoms with Gasteiger partial charge in [-0.1, -0.05) is 6.07 Å². The number of hydrogen-bond donors (Lipinski definition) is 2. The Morgan fingerprint density at radius 1 is 1.09 bits per heavy atom. The molecule has 6 nitrogen and oxygen atoms in total. The second kappa shape index (κ2) is 12.1. The Morgan fingerprint density at radius 2 is 1.82 bits per heavy atom. The maximum absolute atomic E-state index is 11.6. The van der Waals surface area contributed by atoms with Crippen molar-refractivity contribution in [3.8, 4) is 11.5 Å². The predicted molar refractivity (Wildman–Crippen MR) is 88.3 cm³/mol. The fourth-order valence-electron chi connectivity index (χ4n) is 1.82. The Kier molecular flexibility index (Phi) is 11.3. The summed E-state index contributed by atoms with van der Waals surface area (Å²) in [6.45, 7) is 2.15. The fourth-order valence-corrected chi connectivity index (χ4v) is 1.82. The lowest BCUT2D eigenvalue weighted by Crippen LogP contribution is -2.36. The summed E-state index contributed by atoms with van der Waals surface area (Å²) >= 11 is 0. The minimum atomic E-state index is -0.0217. The van der Waals surface area contributed by atoms with Gasteiger partial charge in [0.25, 0.3) is 0 Å². The molecule has 1 aromatic rings. The number of ether oxygens (including phenoxy) is 3. The van der Waals surface area contributed by atoms with E-state index in [1.165, 1.54) is 0 Å². The van der Waals surface area contributed by atoms with Gasteiger partial charge in [0.05, 0.1) is 27.4 Å². The van der Waals surface area contributed by atoms with Crippen molar-refractivity contribution in [1.82, 2.24) is 10.6 Å². The zero-order chi connectivity index (χ0) is 15.5. The van der Waals surface area contributed by atoms with Crippen molar-refractivity contribution >= 4 is 18.3 Å².